The molecule has 0 unspecified atom stereocenters. The van der Waals surface area contributed by atoms with E-state index in [1.54, 1.807) is 42.5 Å². The van der Waals surface area contributed by atoms with E-state index in [0.29, 0.717) is 11.1 Å². The molecule has 2 amide bonds. The maximum Gasteiger partial charge on any atom is 0.331 e. The van der Waals surface area contributed by atoms with Crippen LogP contribution in [0, 0.1) is 17.7 Å². The number of rotatable bonds is 4. The fourth-order valence-corrected chi connectivity index (χ4v) is 5.15. The van der Waals surface area contributed by atoms with Crippen molar-refractivity contribution in [1.29, 1.82) is 0 Å². The van der Waals surface area contributed by atoms with E-state index in [4.69, 9.17) is 4.74 Å². The normalized spacial score (nSPS) is 25.9. The molecule has 2 heterocycles. The third-order valence-corrected chi connectivity index (χ3v) is 6.63. The lowest BCUT2D eigenvalue weighted by molar-refractivity contribution is -0.152. The second-order valence-corrected chi connectivity index (χ2v) is 8.37. The molecular weight excluding hydrogens is 439 g/mol. The SMILES string of the molecule is COC(=O)[C@]1(c2ccccc2)N[C@H](c2ccc(O)cc2)[C@@H]2C(=O)N(c3ccc(F)cc3)C(=O)[C@H]21. The first-order chi connectivity index (χ1) is 16.4. The van der Waals surface area contributed by atoms with Crippen LogP contribution in [0.3, 0.4) is 0 Å². The minimum atomic E-state index is -1.63. The van der Waals surface area contributed by atoms with Crippen molar-refractivity contribution in [3.63, 3.8) is 0 Å². The molecule has 3 aromatic rings. The van der Waals surface area contributed by atoms with Crippen LogP contribution >= 0.6 is 0 Å². The molecule has 0 saturated carbocycles. The number of amides is 2. The molecule has 0 radical (unpaired) electrons. The van der Waals surface area contributed by atoms with E-state index in [9.17, 15) is 23.9 Å². The smallest absolute Gasteiger partial charge is 0.331 e. The Balaban J connectivity index is 1.72. The van der Waals surface area contributed by atoms with Gasteiger partial charge in [0.2, 0.25) is 11.8 Å². The molecule has 0 spiro atoms. The molecule has 2 saturated heterocycles. The maximum absolute atomic E-state index is 13.8. The van der Waals surface area contributed by atoms with Gasteiger partial charge in [-0.25, -0.2) is 14.1 Å². The molecule has 2 aliphatic heterocycles. The summed E-state index contributed by atoms with van der Waals surface area (Å²) in [4.78, 5) is 42.0. The average Bonchev–Trinajstić information content (AvgIpc) is 3.35. The summed E-state index contributed by atoms with van der Waals surface area (Å²) in [6, 6.07) is 19.2. The molecule has 5 rings (SSSR count). The Hall–Kier alpha value is -4.04. The van der Waals surface area contributed by atoms with E-state index in [1.807, 2.05) is 0 Å². The molecule has 172 valence electrons. The van der Waals surface area contributed by atoms with Gasteiger partial charge in [-0.05, 0) is 47.5 Å². The van der Waals surface area contributed by atoms with Gasteiger partial charge in [0.1, 0.15) is 11.6 Å². The number of phenols is 1. The number of esters is 1. The Morgan fingerprint density at radius 2 is 1.62 bits per heavy atom. The van der Waals surface area contributed by atoms with Crippen molar-refractivity contribution in [2.75, 3.05) is 12.0 Å². The molecule has 0 bridgehead atoms. The number of methoxy groups -OCH3 is 1. The summed E-state index contributed by atoms with van der Waals surface area (Å²) in [5, 5.41) is 13.0. The minimum Gasteiger partial charge on any atom is -0.508 e. The number of hydrogen-bond donors (Lipinski definition) is 2. The van der Waals surface area contributed by atoms with Gasteiger partial charge in [-0.3, -0.25) is 14.9 Å². The topological polar surface area (TPSA) is 95.9 Å². The zero-order chi connectivity index (χ0) is 24.0. The Morgan fingerprint density at radius 3 is 2.24 bits per heavy atom. The molecular formula is C26H21FN2O5. The number of imide groups is 1. The average molecular weight is 460 g/mol. The lowest BCUT2D eigenvalue weighted by Crippen LogP contribution is -2.53. The van der Waals surface area contributed by atoms with Gasteiger partial charge in [0.15, 0.2) is 5.54 Å². The number of hydrogen-bond acceptors (Lipinski definition) is 6. The minimum absolute atomic E-state index is 0.0438. The van der Waals surface area contributed by atoms with Gasteiger partial charge in [-0.15, -0.1) is 0 Å². The second-order valence-electron chi connectivity index (χ2n) is 8.37. The summed E-state index contributed by atoms with van der Waals surface area (Å²) in [6.07, 6.45) is 0. The standard InChI is InChI=1S/C26H21FN2O5/c1-34-25(33)26(16-5-3-2-4-6-16)21-20(22(28-26)15-7-13-19(30)14-8-15)23(31)29(24(21)32)18-11-9-17(27)10-12-18/h2-14,20-22,28,30H,1H3/t20-,21+,22-,26-/m1/s1. The third-order valence-electron chi connectivity index (χ3n) is 6.63. The molecule has 7 nitrogen and oxygen atoms in total. The van der Waals surface area contributed by atoms with Crippen LogP contribution in [0.4, 0.5) is 10.1 Å². The predicted molar refractivity (Wildman–Crippen MR) is 120 cm³/mol. The maximum atomic E-state index is 13.8. The molecule has 8 heteroatoms. The first-order valence-corrected chi connectivity index (χ1v) is 10.7. The van der Waals surface area contributed by atoms with Crippen molar-refractivity contribution in [3.8, 4) is 5.75 Å². The number of benzene rings is 3. The van der Waals surface area contributed by atoms with Crippen LogP contribution in [0.1, 0.15) is 17.2 Å². The summed E-state index contributed by atoms with van der Waals surface area (Å²) in [6.45, 7) is 0. The lowest BCUT2D eigenvalue weighted by Gasteiger charge is -2.33. The van der Waals surface area contributed by atoms with Crippen LogP contribution in [0.5, 0.6) is 5.75 Å². The fraction of sp³-hybridized carbons (Fsp3) is 0.192. The highest BCUT2D eigenvalue weighted by molar-refractivity contribution is 6.24. The molecule has 2 fully saturated rings. The lowest BCUT2D eigenvalue weighted by atomic mass is 9.75. The summed E-state index contributed by atoms with van der Waals surface area (Å²) in [5.41, 5.74) is -0.302. The number of carbonyl (C=O) groups excluding carboxylic acids is 3. The van der Waals surface area contributed by atoms with Crippen molar-refractivity contribution < 1.29 is 28.6 Å². The van der Waals surface area contributed by atoms with Gasteiger partial charge in [0, 0.05) is 6.04 Å². The van der Waals surface area contributed by atoms with Crippen LogP contribution in [-0.2, 0) is 24.7 Å². The highest BCUT2D eigenvalue weighted by Gasteiger charge is 2.69. The van der Waals surface area contributed by atoms with E-state index in [1.165, 1.54) is 43.5 Å². The zero-order valence-corrected chi connectivity index (χ0v) is 18.1. The number of nitrogens with zero attached hydrogens (tertiary/aromatic N) is 1. The predicted octanol–water partition coefficient (Wildman–Crippen LogP) is 3.05. The monoisotopic (exact) mass is 460 g/mol. The van der Waals surface area contributed by atoms with E-state index in [-0.39, 0.29) is 11.4 Å². The number of phenolic OH excluding ortho intramolecular Hbond substituents is 1. The molecule has 0 aliphatic carbocycles. The van der Waals surface area contributed by atoms with Gasteiger partial charge in [0.25, 0.3) is 0 Å². The number of fused-ring (bicyclic) bond motifs is 1. The molecule has 2 aliphatic rings. The highest BCUT2D eigenvalue weighted by Crippen LogP contribution is 2.54. The zero-order valence-electron chi connectivity index (χ0n) is 18.1. The Kier molecular flexibility index (Phi) is 5.17. The number of carbonyl (C=O) groups is 3. The van der Waals surface area contributed by atoms with E-state index < -0.39 is 47.0 Å². The number of halogens is 1. The van der Waals surface area contributed by atoms with Gasteiger partial charge in [-0.1, -0.05) is 42.5 Å². The summed E-state index contributed by atoms with van der Waals surface area (Å²) < 4.78 is 18.7. The quantitative estimate of drug-likeness (QED) is 0.459. The van der Waals surface area contributed by atoms with Crippen LogP contribution in [0.15, 0.2) is 78.9 Å². The Morgan fingerprint density at radius 1 is 0.971 bits per heavy atom. The van der Waals surface area contributed by atoms with E-state index in [0.717, 1.165) is 4.90 Å². The van der Waals surface area contributed by atoms with Crippen LogP contribution in [0.25, 0.3) is 0 Å². The van der Waals surface area contributed by atoms with Gasteiger partial charge in [0.05, 0.1) is 24.6 Å². The largest absolute Gasteiger partial charge is 0.508 e. The van der Waals surface area contributed by atoms with Crippen molar-refractivity contribution in [2.24, 2.45) is 11.8 Å². The van der Waals surface area contributed by atoms with Crippen molar-refractivity contribution in [1.82, 2.24) is 5.32 Å². The van der Waals surface area contributed by atoms with Crippen LogP contribution in [0.2, 0.25) is 0 Å². The van der Waals surface area contributed by atoms with Gasteiger partial charge >= 0.3 is 5.97 Å². The number of aromatic hydroxyl groups is 1. The van der Waals surface area contributed by atoms with E-state index in [2.05, 4.69) is 5.32 Å². The van der Waals surface area contributed by atoms with E-state index >= 15 is 0 Å². The molecule has 0 aromatic heterocycles. The van der Waals surface area contributed by atoms with Gasteiger partial charge in [-0.2, -0.15) is 0 Å². The molecule has 2 N–H and O–H groups in total. The number of anilines is 1. The fourth-order valence-electron chi connectivity index (χ4n) is 5.15. The molecule has 3 aromatic carbocycles. The van der Waals surface area contributed by atoms with Crippen LogP contribution in [-0.4, -0.2) is 30.0 Å². The Labute approximate surface area is 194 Å². The summed E-state index contributed by atoms with van der Waals surface area (Å²) in [5.74, 6) is -4.29. The molecule has 4 atom stereocenters. The Bertz CT molecular complexity index is 1260. The van der Waals surface area contributed by atoms with Gasteiger partial charge < -0.3 is 9.84 Å². The summed E-state index contributed by atoms with van der Waals surface area (Å²) >= 11 is 0. The first kappa shape index (κ1) is 21.8. The third kappa shape index (κ3) is 3.10. The van der Waals surface area contributed by atoms with Crippen molar-refractivity contribution >= 4 is 23.5 Å². The first-order valence-electron chi connectivity index (χ1n) is 10.7. The second kappa shape index (κ2) is 8.07. The number of nitrogens with one attached hydrogen (secondary N) is 1. The number of ether oxygens (including phenoxy) is 1. The summed E-state index contributed by atoms with van der Waals surface area (Å²) in [7, 11) is 1.23. The van der Waals surface area contributed by atoms with Crippen molar-refractivity contribution in [2.45, 2.75) is 11.6 Å². The molecule has 34 heavy (non-hydrogen) atoms. The van der Waals surface area contributed by atoms with Crippen molar-refractivity contribution in [3.05, 3.63) is 95.8 Å². The van der Waals surface area contributed by atoms with Crippen LogP contribution < -0.4 is 10.2 Å². The highest BCUT2D eigenvalue weighted by atomic mass is 19.1.